The molecule has 2 heterocycles. The van der Waals surface area contributed by atoms with Crippen molar-refractivity contribution in [3.63, 3.8) is 0 Å². The van der Waals surface area contributed by atoms with Gasteiger partial charge in [-0.3, -0.25) is 0 Å². The lowest BCUT2D eigenvalue weighted by Crippen LogP contribution is -2.27. The molecule has 3 rings (SSSR count). The number of hydrogen-bond acceptors (Lipinski definition) is 7. The first-order chi connectivity index (χ1) is 17.1. The van der Waals surface area contributed by atoms with Gasteiger partial charge in [-0.1, -0.05) is 18.2 Å². The van der Waals surface area contributed by atoms with Crippen LogP contribution in [0.15, 0.2) is 42.5 Å². The zero-order valence-corrected chi connectivity index (χ0v) is 20.9. The molecule has 2 aliphatic rings. The molecule has 7 nitrogen and oxygen atoms in total. The van der Waals surface area contributed by atoms with Crippen LogP contribution in [0.5, 0.6) is 11.5 Å². The van der Waals surface area contributed by atoms with Crippen LogP contribution in [-0.2, 0) is 19.0 Å². The molecule has 0 amide bonds. The Morgan fingerprint density at radius 3 is 2.23 bits per heavy atom. The van der Waals surface area contributed by atoms with Gasteiger partial charge >= 0.3 is 5.97 Å². The van der Waals surface area contributed by atoms with E-state index in [0.717, 1.165) is 38.5 Å². The third kappa shape index (κ3) is 8.67. The SMILES string of the molecule is C=CCC/C(=C\CCC(O)c1c(OC2CCCCO2)cccc1OC1CCCCO1)C(=O)OCC. The average Bonchev–Trinajstić information content (AvgIpc) is 2.87. The van der Waals surface area contributed by atoms with Gasteiger partial charge in [0, 0.05) is 18.4 Å². The van der Waals surface area contributed by atoms with E-state index >= 15 is 0 Å². The normalized spacial score (nSPS) is 21.7. The molecule has 7 heteroatoms. The Morgan fingerprint density at radius 1 is 1.09 bits per heavy atom. The summed E-state index contributed by atoms with van der Waals surface area (Å²) in [6, 6.07) is 5.55. The van der Waals surface area contributed by atoms with Crippen LogP contribution in [0.1, 0.15) is 82.8 Å². The Labute approximate surface area is 209 Å². The van der Waals surface area contributed by atoms with Crippen molar-refractivity contribution >= 4 is 5.97 Å². The molecule has 2 fully saturated rings. The predicted octanol–water partition coefficient (Wildman–Crippen LogP) is 5.77. The van der Waals surface area contributed by atoms with Crippen LogP contribution < -0.4 is 9.47 Å². The fourth-order valence-electron chi connectivity index (χ4n) is 4.28. The molecule has 2 aliphatic heterocycles. The summed E-state index contributed by atoms with van der Waals surface area (Å²) in [6.07, 6.45) is 9.98. The molecule has 3 atom stereocenters. The van der Waals surface area contributed by atoms with Crippen LogP contribution in [0.4, 0.5) is 0 Å². The molecule has 0 aromatic heterocycles. The lowest BCUT2D eigenvalue weighted by atomic mass is 10.0. The van der Waals surface area contributed by atoms with Crippen molar-refractivity contribution in [2.75, 3.05) is 19.8 Å². The fourth-order valence-corrected chi connectivity index (χ4v) is 4.28. The van der Waals surface area contributed by atoms with E-state index < -0.39 is 6.10 Å². The molecule has 194 valence electrons. The van der Waals surface area contributed by atoms with E-state index in [1.807, 2.05) is 24.3 Å². The van der Waals surface area contributed by atoms with Gasteiger partial charge < -0.3 is 28.8 Å². The first-order valence-corrected chi connectivity index (χ1v) is 13.0. The molecule has 1 N–H and O–H groups in total. The number of benzene rings is 1. The monoisotopic (exact) mass is 488 g/mol. The van der Waals surface area contributed by atoms with E-state index in [4.69, 9.17) is 23.7 Å². The highest BCUT2D eigenvalue weighted by molar-refractivity contribution is 5.88. The van der Waals surface area contributed by atoms with E-state index in [-0.39, 0.29) is 18.5 Å². The van der Waals surface area contributed by atoms with Crippen LogP contribution in [-0.4, -0.2) is 43.5 Å². The third-order valence-corrected chi connectivity index (χ3v) is 6.14. The Kier molecular flexibility index (Phi) is 11.6. The summed E-state index contributed by atoms with van der Waals surface area (Å²) in [7, 11) is 0. The summed E-state index contributed by atoms with van der Waals surface area (Å²) in [5.74, 6) is 0.790. The van der Waals surface area contributed by atoms with Crippen LogP contribution in [0.3, 0.4) is 0 Å². The van der Waals surface area contributed by atoms with Gasteiger partial charge in [-0.25, -0.2) is 4.79 Å². The lowest BCUT2D eigenvalue weighted by Gasteiger charge is -2.28. The summed E-state index contributed by atoms with van der Waals surface area (Å²) in [5, 5.41) is 11.3. The van der Waals surface area contributed by atoms with E-state index in [1.165, 1.54) is 0 Å². The first kappa shape index (κ1) is 27.2. The summed E-state index contributed by atoms with van der Waals surface area (Å²) in [5.41, 5.74) is 1.19. The quantitative estimate of drug-likeness (QED) is 0.214. The van der Waals surface area contributed by atoms with E-state index in [2.05, 4.69) is 6.58 Å². The first-order valence-electron chi connectivity index (χ1n) is 13.0. The number of aliphatic hydroxyl groups excluding tert-OH is 1. The molecule has 35 heavy (non-hydrogen) atoms. The predicted molar refractivity (Wildman–Crippen MR) is 133 cm³/mol. The fraction of sp³-hybridized carbons (Fsp3) is 0.607. The Bertz CT molecular complexity index is 784. The van der Waals surface area contributed by atoms with Crippen molar-refractivity contribution in [3.8, 4) is 11.5 Å². The molecule has 1 aromatic rings. The summed E-state index contributed by atoms with van der Waals surface area (Å²) in [4.78, 5) is 12.3. The van der Waals surface area contributed by atoms with Crippen LogP contribution in [0.2, 0.25) is 0 Å². The van der Waals surface area contributed by atoms with Gasteiger partial charge in [0.05, 0.1) is 31.5 Å². The topological polar surface area (TPSA) is 83.5 Å². The second kappa shape index (κ2) is 14.9. The zero-order chi connectivity index (χ0) is 24.9. The summed E-state index contributed by atoms with van der Waals surface area (Å²) in [6.45, 7) is 7.18. The number of carbonyl (C=O) groups is 1. The summed E-state index contributed by atoms with van der Waals surface area (Å²) < 4.78 is 29.1. The van der Waals surface area contributed by atoms with Crippen LogP contribution in [0, 0.1) is 0 Å². The number of esters is 1. The highest BCUT2D eigenvalue weighted by Crippen LogP contribution is 2.39. The molecule has 1 aromatic carbocycles. The van der Waals surface area contributed by atoms with Gasteiger partial charge in [0.25, 0.3) is 0 Å². The standard InChI is InChI=1S/C28H40O7/c1-3-5-12-21(28(30)31-4-2)13-10-14-22(29)27-23(34-25-17-6-8-19-32-25)15-11-16-24(27)35-26-18-7-9-20-33-26/h3,11,13,15-16,22,25-26,29H,1,4-10,12,14,17-20H2,2H3/b21-13+. The molecule has 0 saturated carbocycles. The summed E-state index contributed by atoms with van der Waals surface area (Å²) >= 11 is 0. The van der Waals surface area contributed by atoms with E-state index in [9.17, 15) is 9.90 Å². The highest BCUT2D eigenvalue weighted by Gasteiger charge is 2.25. The van der Waals surface area contributed by atoms with Crippen LogP contribution >= 0.6 is 0 Å². The third-order valence-electron chi connectivity index (χ3n) is 6.14. The maximum atomic E-state index is 12.3. The molecule has 0 radical (unpaired) electrons. The maximum Gasteiger partial charge on any atom is 0.333 e. The second-order valence-corrected chi connectivity index (χ2v) is 8.87. The second-order valence-electron chi connectivity index (χ2n) is 8.87. The molecular weight excluding hydrogens is 448 g/mol. The van der Waals surface area contributed by atoms with Gasteiger partial charge in [-0.05, 0) is 70.4 Å². The Morgan fingerprint density at radius 2 is 1.71 bits per heavy atom. The minimum Gasteiger partial charge on any atom is -0.464 e. The van der Waals surface area contributed by atoms with Crippen LogP contribution in [0.25, 0.3) is 0 Å². The van der Waals surface area contributed by atoms with E-state index in [1.54, 1.807) is 13.0 Å². The van der Waals surface area contributed by atoms with Gasteiger partial charge in [-0.15, -0.1) is 6.58 Å². The van der Waals surface area contributed by atoms with Crippen molar-refractivity contribution in [1.82, 2.24) is 0 Å². The largest absolute Gasteiger partial charge is 0.464 e. The van der Waals surface area contributed by atoms with Gasteiger partial charge in [0.2, 0.25) is 0 Å². The minimum atomic E-state index is -0.854. The molecule has 0 spiro atoms. The smallest absolute Gasteiger partial charge is 0.333 e. The van der Waals surface area contributed by atoms with Gasteiger partial charge in [0.1, 0.15) is 11.5 Å². The molecule has 2 saturated heterocycles. The molecule has 3 unspecified atom stereocenters. The number of aliphatic hydroxyl groups is 1. The minimum absolute atomic E-state index is 0.319. The van der Waals surface area contributed by atoms with Crippen molar-refractivity contribution in [2.24, 2.45) is 0 Å². The Hall–Kier alpha value is -2.35. The number of hydrogen-bond donors (Lipinski definition) is 1. The molecule has 0 aliphatic carbocycles. The van der Waals surface area contributed by atoms with Crippen molar-refractivity contribution in [1.29, 1.82) is 0 Å². The van der Waals surface area contributed by atoms with Crippen molar-refractivity contribution < 1.29 is 33.6 Å². The number of carbonyl (C=O) groups excluding carboxylic acids is 1. The van der Waals surface area contributed by atoms with Gasteiger partial charge in [-0.2, -0.15) is 0 Å². The average molecular weight is 489 g/mol. The number of allylic oxidation sites excluding steroid dienone is 2. The Balaban J connectivity index is 1.77. The van der Waals surface area contributed by atoms with Crippen molar-refractivity contribution in [3.05, 3.63) is 48.1 Å². The number of ether oxygens (including phenoxy) is 5. The van der Waals surface area contributed by atoms with Crippen molar-refractivity contribution in [2.45, 2.75) is 89.8 Å². The van der Waals surface area contributed by atoms with E-state index in [0.29, 0.717) is 68.1 Å². The maximum absolute atomic E-state index is 12.3. The highest BCUT2D eigenvalue weighted by atomic mass is 16.7. The van der Waals surface area contributed by atoms with Gasteiger partial charge in [0.15, 0.2) is 12.6 Å². The zero-order valence-electron chi connectivity index (χ0n) is 20.9. The number of rotatable bonds is 13. The molecule has 0 bridgehead atoms. The lowest BCUT2D eigenvalue weighted by molar-refractivity contribution is -0.138. The molecular formula is C28H40O7.